The van der Waals surface area contributed by atoms with Gasteiger partial charge in [-0.25, -0.2) is 0 Å². The summed E-state index contributed by atoms with van der Waals surface area (Å²) in [6.07, 6.45) is 3.98. The number of hydrogen-bond donors (Lipinski definition) is 1. The fourth-order valence-corrected chi connectivity index (χ4v) is 2.04. The molecule has 1 N–H and O–H groups in total. The molecule has 0 aliphatic heterocycles. The SMILES string of the molecule is C=C(CNCCC)CN(CC(C)C)C1CC1. The van der Waals surface area contributed by atoms with E-state index in [4.69, 9.17) is 0 Å². The van der Waals surface area contributed by atoms with Gasteiger partial charge in [-0.05, 0) is 37.3 Å². The minimum Gasteiger partial charge on any atom is -0.313 e. The highest BCUT2D eigenvalue weighted by molar-refractivity contribution is 5.02. The molecule has 0 amide bonds. The Morgan fingerprint density at radius 1 is 1.44 bits per heavy atom. The molecule has 1 aliphatic rings. The lowest BCUT2D eigenvalue weighted by atomic mass is 10.2. The first-order chi connectivity index (χ1) is 7.63. The molecule has 94 valence electrons. The van der Waals surface area contributed by atoms with Crippen LogP contribution in [0.15, 0.2) is 12.2 Å². The van der Waals surface area contributed by atoms with Crippen LogP contribution in [0.1, 0.15) is 40.0 Å². The summed E-state index contributed by atoms with van der Waals surface area (Å²) in [5.74, 6) is 0.761. The third kappa shape index (κ3) is 5.66. The summed E-state index contributed by atoms with van der Waals surface area (Å²) in [7, 11) is 0. The fraction of sp³-hybridized carbons (Fsp3) is 0.857. The molecule has 1 fully saturated rings. The molecule has 0 atom stereocenters. The van der Waals surface area contributed by atoms with Gasteiger partial charge in [0.05, 0.1) is 0 Å². The van der Waals surface area contributed by atoms with E-state index in [1.165, 1.54) is 31.4 Å². The minimum atomic E-state index is 0.761. The maximum atomic E-state index is 4.18. The van der Waals surface area contributed by atoms with Gasteiger partial charge in [0, 0.05) is 25.7 Å². The summed E-state index contributed by atoms with van der Waals surface area (Å²) >= 11 is 0. The highest BCUT2D eigenvalue weighted by atomic mass is 15.2. The molecule has 0 bridgehead atoms. The molecule has 16 heavy (non-hydrogen) atoms. The molecule has 0 aromatic rings. The molecular weight excluding hydrogens is 196 g/mol. The third-order valence-electron chi connectivity index (χ3n) is 2.89. The zero-order valence-electron chi connectivity index (χ0n) is 11.3. The number of nitrogens with zero attached hydrogens (tertiary/aromatic N) is 1. The average Bonchev–Trinajstić information content (AvgIpc) is 2.99. The second kappa shape index (κ2) is 7.08. The van der Waals surface area contributed by atoms with Crippen LogP contribution in [0.3, 0.4) is 0 Å². The second-order valence-electron chi connectivity index (χ2n) is 5.48. The van der Waals surface area contributed by atoms with Crippen LogP contribution in [0.4, 0.5) is 0 Å². The van der Waals surface area contributed by atoms with E-state index in [1.807, 2.05) is 0 Å². The molecule has 2 heteroatoms. The lowest BCUT2D eigenvalue weighted by Crippen LogP contribution is -2.34. The Hall–Kier alpha value is -0.340. The quantitative estimate of drug-likeness (QED) is 0.478. The monoisotopic (exact) mass is 224 g/mol. The molecule has 2 nitrogen and oxygen atoms in total. The van der Waals surface area contributed by atoms with Gasteiger partial charge >= 0.3 is 0 Å². The molecule has 0 unspecified atom stereocenters. The predicted octanol–water partition coefficient (Wildman–Crippen LogP) is 2.66. The van der Waals surface area contributed by atoms with E-state index >= 15 is 0 Å². The summed E-state index contributed by atoms with van der Waals surface area (Å²) in [5, 5.41) is 3.43. The molecule has 0 heterocycles. The van der Waals surface area contributed by atoms with Crippen molar-refractivity contribution in [2.24, 2.45) is 5.92 Å². The van der Waals surface area contributed by atoms with Gasteiger partial charge in [-0.1, -0.05) is 27.4 Å². The maximum Gasteiger partial charge on any atom is 0.0205 e. The minimum absolute atomic E-state index is 0.761. The van der Waals surface area contributed by atoms with Crippen LogP contribution < -0.4 is 5.32 Å². The molecule has 1 saturated carbocycles. The van der Waals surface area contributed by atoms with Gasteiger partial charge in [0.25, 0.3) is 0 Å². The molecule has 0 saturated heterocycles. The van der Waals surface area contributed by atoms with E-state index < -0.39 is 0 Å². The van der Waals surface area contributed by atoms with Gasteiger partial charge in [0.15, 0.2) is 0 Å². The Labute approximate surface area is 101 Å². The van der Waals surface area contributed by atoms with Gasteiger partial charge in [-0.3, -0.25) is 4.90 Å². The Bertz CT molecular complexity index is 207. The Morgan fingerprint density at radius 3 is 2.62 bits per heavy atom. The van der Waals surface area contributed by atoms with Crippen molar-refractivity contribution in [2.75, 3.05) is 26.2 Å². The molecule has 0 spiro atoms. The lowest BCUT2D eigenvalue weighted by Gasteiger charge is -2.25. The first kappa shape index (κ1) is 13.7. The smallest absolute Gasteiger partial charge is 0.0205 e. The lowest BCUT2D eigenvalue weighted by molar-refractivity contribution is 0.252. The van der Waals surface area contributed by atoms with Crippen molar-refractivity contribution in [3.05, 3.63) is 12.2 Å². The van der Waals surface area contributed by atoms with Crippen LogP contribution in [0.2, 0.25) is 0 Å². The van der Waals surface area contributed by atoms with Gasteiger partial charge < -0.3 is 5.32 Å². The zero-order valence-corrected chi connectivity index (χ0v) is 11.3. The van der Waals surface area contributed by atoms with Crippen molar-refractivity contribution in [3.8, 4) is 0 Å². The van der Waals surface area contributed by atoms with Crippen LogP contribution >= 0.6 is 0 Å². The molecule has 0 aromatic carbocycles. The summed E-state index contributed by atoms with van der Waals surface area (Å²) in [4.78, 5) is 2.61. The molecule has 0 aromatic heterocycles. The standard InChI is InChI=1S/C14H28N2/c1-5-8-15-9-13(4)11-16(10-12(2)3)14-6-7-14/h12,14-15H,4-11H2,1-3H3. The Balaban J connectivity index is 2.22. The van der Waals surface area contributed by atoms with Gasteiger partial charge in [-0.15, -0.1) is 0 Å². The number of hydrogen-bond acceptors (Lipinski definition) is 2. The van der Waals surface area contributed by atoms with Crippen LogP contribution in [0.5, 0.6) is 0 Å². The summed E-state index contributed by atoms with van der Waals surface area (Å²) in [6, 6.07) is 0.852. The first-order valence-electron chi connectivity index (χ1n) is 6.74. The van der Waals surface area contributed by atoms with Gasteiger partial charge in [0.1, 0.15) is 0 Å². The zero-order chi connectivity index (χ0) is 12.0. The molecule has 1 rings (SSSR count). The van der Waals surface area contributed by atoms with E-state index in [1.54, 1.807) is 0 Å². The Morgan fingerprint density at radius 2 is 2.12 bits per heavy atom. The van der Waals surface area contributed by atoms with Crippen molar-refractivity contribution < 1.29 is 0 Å². The van der Waals surface area contributed by atoms with Crippen molar-refractivity contribution in [2.45, 2.75) is 46.1 Å². The maximum absolute atomic E-state index is 4.18. The van der Waals surface area contributed by atoms with Crippen molar-refractivity contribution in [3.63, 3.8) is 0 Å². The number of rotatable bonds is 9. The summed E-state index contributed by atoms with van der Waals surface area (Å²) < 4.78 is 0. The normalized spacial score (nSPS) is 16.1. The highest BCUT2D eigenvalue weighted by Gasteiger charge is 2.29. The third-order valence-corrected chi connectivity index (χ3v) is 2.89. The van der Waals surface area contributed by atoms with Crippen LogP contribution in [0.25, 0.3) is 0 Å². The van der Waals surface area contributed by atoms with Crippen LogP contribution in [-0.2, 0) is 0 Å². The van der Waals surface area contributed by atoms with Gasteiger partial charge in [0.2, 0.25) is 0 Å². The topological polar surface area (TPSA) is 15.3 Å². The van der Waals surface area contributed by atoms with Crippen LogP contribution in [0, 0.1) is 5.92 Å². The van der Waals surface area contributed by atoms with Crippen molar-refractivity contribution in [1.29, 1.82) is 0 Å². The van der Waals surface area contributed by atoms with Crippen molar-refractivity contribution >= 4 is 0 Å². The highest BCUT2D eigenvalue weighted by Crippen LogP contribution is 2.27. The summed E-state index contributed by atoms with van der Waals surface area (Å²) in [6.45, 7) is 15.4. The fourth-order valence-electron chi connectivity index (χ4n) is 2.04. The van der Waals surface area contributed by atoms with E-state index in [0.29, 0.717) is 0 Å². The van der Waals surface area contributed by atoms with E-state index in [0.717, 1.165) is 31.6 Å². The summed E-state index contributed by atoms with van der Waals surface area (Å²) in [5.41, 5.74) is 1.33. The van der Waals surface area contributed by atoms with E-state index in [-0.39, 0.29) is 0 Å². The predicted molar refractivity (Wildman–Crippen MR) is 71.7 cm³/mol. The second-order valence-corrected chi connectivity index (χ2v) is 5.48. The largest absolute Gasteiger partial charge is 0.313 e. The van der Waals surface area contributed by atoms with E-state index in [2.05, 4.69) is 37.6 Å². The Kier molecular flexibility index (Phi) is 6.07. The molecule has 1 aliphatic carbocycles. The molecular formula is C14H28N2. The van der Waals surface area contributed by atoms with Crippen molar-refractivity contribution in [1.82, 2.24) is 10.2 Å². The van der Waals surface area contributed by atoms with Crippen LogP contribution in [-0.4, -0.2) is 37.1 Å². The average molecular weight is 224 g/mol. The van der Waals surface area contributed by atoms with Gasteiger partial charge in [-0.2, -0.15) is 0 Å². The first-order valence-corrected chi connectivity index (χ1v) is 6.74. The number of nitrogens with one attached hydrogen (secondary N) is 1. The van der Waals surface area contributed by atoms with E-state index in [9.17, 15) is 0 Å². The molecule has 0 radical (unpaired) electrons.